The van der Waals surface area contributed by atoms with Crippen molar-refractivity contribution in [2.75, 3.05) is 6.79 Å². The molecule has 0 saturated carbocycles. The Balaban J connectivity index is 1.86. The highest BCUT2D eigenvalue weighted by Gasteiger charge is 2.17. The molecule has 0 saturated heterocycles. The molecule has 8 heteroatoms. The molecule has 1 aliphatic heterocycles. The molecular weight excluding hydrogens is 395 g/mol. The van der Waals surface area contributed by atoms with Crippen LogP contribution in [0.1, 0.15) is 10.4 Å². The van der Waals surface area contributed by atoms with Crippen molar-refractivity contribution < 1.29 is 14.3 Å². The van der Waals surface area contributed by atoms with Crippen molar-refractivity contribution in [2.45, 2.75) is 6.54 Å². The molecule has 2 heterocycles. The number of aromatic nitrogens is 1. The van der Waals surface area contributed by atoms with Crippen LogP contribution in [0.3, 0.4) is 0 Å². The maximum absolute atomic E-state index is 12.6. The standard InChI is InChI=1S/C18H10Cl2N2O3S/c1-2-7-22-15-11(19)4-5-12(20)16(15)26-18(22)21-17(23)10-3-6-13-14(8-10)25-9-24-13/h1,3-6,8H,7,9H2. The second-order valence-electron chi connectivity index (χ2n) is 5.37. The molecule has 5 nitrogen and oxygen atoms in total. The number of halogens is 2. The molecule has 1 aliphatic rings. The van der Waals surface area contributed by atoms with Crippen LogP contribution in [0.25, 0.3) is 10.2 Å². The van der Waals surface area contributed by atoms with Gasteiger partial charge in [-0.2, -0.15) is 4.99 Å². The summed E-state index contributed by atoms with van der Waals surface area (Å²) in [6.07, 6.45) is 5.47. The highest BCUT2D eigenvalue weighted by molar-refractivity contribution is 7.17. The lowest BCUT2D eigenvalue weighted by atomic mass is 10.2. The minimum atomic E-state index is -0.423. The quantitative estimate of drug-likeness (QED) is 0.603. The maximum atomic E-state index is 12.6. The third-order valence-electron chi connectivity index (χ3n) is 3.79. The van der Waals surface area contributed by atoms with Crippen LogP contribution in [0.15, 0.2) is 35.3 Å². The van der Waals surface area contributed by atoms with Crippen LogP contribution in [0.4, 0.5) is 0 Å². The Morgan fingerprint density at radius 2 is 2.00 bits per heavy atom. The van der Waals surface area contributed by atoms with Gasteiger partial charge < -0.3 is 14.0 Å². The van der Waals surface area contributed by atoms with E-state index in [0.717, 1.165) is 4.70 Å². The Kier molecular flexibility index (Phi) is 4.37. The van der Waals surface area contributed by atoms with Crippen LogP contribution < -0.4 is 14.3 Å². The van der Waals surface area contributed by atoms with Crippen LogP contribution in [-0.4, -0.2) is 17.3 Å². The molecule has 0 N–H and O–H groups in total. The number of carbonyl (C=O) groups is 1. The maximum Gasteiger partial charge on any atom is 0.279 e. The lowest BCUT2D eigenvalue weighted by molar-refractivity contribution is 0.0997. The molecule has 2 aromatic carbocycles. The van der Waals surface area contributed by atoms with Gasteiger partial charge in [-0.05, 0) is 30.3 Å². The summed E-state index contributed by atoms with van der Waals surface area (Å²) in [7, 11) is 0. The second-order valence-corrected chi connectivity index (χ2v) is 7.16. The topological polar surface area (TPSA) is 52.8 Å². The summed E-state index contributed by atoms with van der Waals surface area (Å²) in [6, 6.07) is 8.31. The van der Waals surface area contributed by atoms with E-state index in [0.29, 0.717) is 37.4 Å². The number of nitrogens with zero attached hydrogens (tertiary/aromatic N) is 2. The largest absolute Gasteiger partial charge is 0.454 e. The van der Waals surface area contributed by atoms with Crippen molar-refractivity contribution in [3.63, 3.8) is 0 Å². The molecule has 130 valence electrons. The summed E-state index contributed by atoms with van der Waals surface area (Å²) in [5, 5.41) is 1.02. The van der Waals surface area contributed by atoms with Gasteiger partial charge in [0.15, 0.2) is 16.3 Å². The Morgan fingerprint density at radius 3 is 2.81 bits per heavy atom. The zero-order valence-electron chi connectivity index (χ0n) is 13.2. The smallest absolute Gasteiger partial charge is 0.279 e. The Hall–Kier alpha value is -2.46. The fourth-order valence-corrected chi connectivity index (χ4v) is 4.26. The van der Waals surface area contributed by atoms with Crippen molar-refractivity contribution in [3.05, 3.63) is 50.7 Å². The second kappa shape index (κ2) is 6.69. The minimum absolute atomic E-state index is 0.138. The number of amides is 1. The van der Waals surface area contributed by atoms with E-state index in [1.54, 1.807) is 34.9 Å². The molecular formula is C18H10Cl2N2O3S. The zero-order chi connectivity index (χ0) is 18.3. The number of carbonyl (C=O) groups excluding carboxylic acids is 1. The summed E-state index contributed by atoms with van der Waals surface area (Å²) >= 11 is 13.8. The fraction of sp³-hybridized carbons (Fsp3) is 0.111. The summed E-state index contributed by atoms with van der Waals surface area (Å²) in [5.74, 6) is 3.25. The van der Waals surface area contributed by atoms with E-state index in [-0.39, 0.29) is 13.3 Å². The lowest BCUT2D eigenvalue weighted by Crippen LogP contribution is -2.16. The van der Waals surface area contributed by atoms with Gasteiger partial charge in [0.05, 0.1) is 26.8 Å². The first-order valence-corrected chi connectivity index (χ1v) is 9.05. The van der Waals surface area contributed by atoms with Gasteiger partial charge in [-0.25, -0.2) is 0 Å². The van der Waals surface area contributed by atoms with Gasteiger partial charge in [-0.15, -0.1) is 6.42 Å². The number of benzene rings is 2. The molecule has 0 atom stereocenters. The fourth-order valence-electron chi connectivity index (χ4n) is 2.62. The van der Waals surface area contributed by atoms with Crippen LogP contribution in [-0.2, 0) is 6.54 Å². The zero-order valence-corrected chi connectivity index (χ0v) is 15.5. The van der Waals surface area contributed by atoms with Crippen LogP contribution in [0.5, 0.6) is 11.5 Å². The van der Waals surface area contributed by atoms with Crippen LogP contribution in [0, 0.1) is 12.3 Å². The van der Waals surface area contributed by atoms with E-state index in [1.807, 2.05) is 0 Å². The first-order valence-electron chi connectivity index (χ1n) is 7.48. The number of thiazole rings is 1. The van der Waals surface area contributed by atoms with E-state index in [1.165, 1.54) is 11.3 Å². The highest BCUT2D eigenvalue weighted by atomic mass is 35.5. The summed E-state index contributed by atoms with van der Waals surface area (Å²) in [6.45, 7) is 0.354. The number of rotatable bonds is 2. The van der Waals surface area contributed by atoms with Crippen molar-refractivity contribution in [3.8, 4) is 23.8 Å². The van der Waals surface area contributed by atoms with E-state index in [4.69, 9.17) is 39.1 Å². The molecule has 0 spiro atoms. The van der Waals surface area contributed by atoms with Gasteiger partial charge in [0.2, 0.25) is 6.79 Å². The third kappa shape index (κ3) is 2.84. The monoisotopic (exact) mass is 404 g/mol. The Morgan fingerprint density at radius 1 is 1.23 bits per heavy atom. The average Bonchev–Trinajstić information content (AvgIpc) is 3.23. The predicted octanol–water partition coefficient (Wildman–Crippen LogP) is 4.11. The molecule has 0 unspecified atom stereocenters. The molecule has 0 fully saturated rings. The molecule has 4 rings (SSSR count). The van der Waals surface area contributed by atoms with Gasteiger partial charge >= 0.3 is 0 Å². The molecule has 0 radical (unpaired) electrons. The first-order chi connectivity index (χ1) is 12.6. The first kappa shape index (κ1) is 17.0. The number of terminal acetylenes is 1. The predicted molar refractivity (Wildman–Crippen MR) is 101 cm³/mol. The van der Waals surface area contributed by atoms with Crippen molar-refractivity contribution >= 4 is 50.7 Å². The average molecular weight is 405 g/mol. The van der Waals surface area contributed by atoms with Gasteiger partial charge in [0, 0.05) is 5.56 Å². The van der Waals surface area contributed by atoms with Crippen LogP contribution >= 0.6 is 34.5 Å². The highest BCUT2D eigenvalue weighted by Crippen LogP contribution is 2.33. The molecule has 1 aromatic heterocycles. The molecule has 1 amide bonds. The summed E-state index contributed by atoms with van der Waals surface area (Å²) < 4.78 is 13.0. The third-order valence-corrected chi connectivity index (χ3v) is 5.64. The number of ether oxygens (including phenoxy) is 2. The SMILES string of the molecule is C#CCn1c(=NC(=O)c2ccc3c(c2)OCO3)sc2c(Cl)ccc(Cl)c21. The van der Waals surface area contributed by atoms with Gasteiger partial charge in [-0.1, -0.05) is 40.5 Å². The van der Waals surface area contributed by atoms with Crippen molar-refractivity contribution in [2.24, 2.45) is 4.99 Å². The Bertz CT molecular complexity index is 1160. The van der Waals surface area contributed by atoms with E-state index in [2.05, 4.69) is 10.9 Å². The molecule has 3 aromatic rings. The molecule has 0 bridgehead atoms. The van der Waals surface area contributed by atoms with Crippen LogP contribution in [0.2, 0.25) is 10.0 Å². The normalized spacial score (nSPS) is 13.2. The summed E-state index contributed by atoms with van der Waals surface area (Å²) in [5.41, 5.74) is 1.05. The van der Waals surface area contributed by atoms with E-state index < -0.39 is 5.91 Å². The van der Waals surface area contributed by atoms with Crippen molar-refractivity contribution in [1.29, 1.82) is 0 Å². The minimum Gasteiger partial charge on any atom is -0.454 e. The van der Waals surface area contributed by atoms with Gasteiger partial charge in [0.25, 0.3) is 5.91 Å². The van der Waals surface area contributed by atoms with E-state index in [9.17, 15) is 4.79 Å². The summed E-state index contributed by atoms with van der Waals surface area (Å²) in [4.78, 5) is 17.3. The molecule has 0 aliphatic carbocycles. The van der Waals surface area contributed by atoms with Gasteiger partial charge in [0.1, 0.15) is 0 Å². The number of hydrogen-bond donors (Lipinski definition) is 0. The number of hydrogen-bond acceptors (Lipinski definition) is 4. The lowest BCUT2D eigenvalue weighted by Gasteiger charge is -2.02. The van der Waals surface area contributed by atoms with Gasteiger partial charge in [-0.3, -0.25) is 4.79 Å². The molecule has 26 heavy (non-hydrogen) atoms. The Labute approximate surface area is 162 Å². The van der Waals surface area contributed by atoms with E-state index >= 15 is 0 Å². The van der Waals surface area contributed by atoms with Crippen molar-refractivity contribution in [1.82, 2.24) is 4.57 Å². The number of fused-ring (bicyclic) bond motifs is 2.